The smallest absolute Gasteiger partial charge is 0.192 e. The molecular weight excluding hydrogens is 240 g/mol. The highest BCUT2D eigenvalue weighted by molar-refractivity contribution is 6.74. The van der Waals surface area contributed by atoms with Crippen LogP contribution in [-0.4, -0.2) is 25.6 Å². The molecule has 0 unspecified atom stereocenters. The molecule has 0 aromatic heterocycles. The van der Waals surface area contributed by atoms with Gasteiger partial charge in [0.1, 0.15) is 0 Å². The molecule has 3 rings (SSSR count). The van der Waals surface area contributed by atoms with Crippen molar-refractivity contribution in [2.45, 2.75) is 83.0 Å². The van der Waals surface area contributed by atoms with Crippen LogP contribution in [0.1, 0.15) is 59.3 Å². The first-order valence-electron chi connectivity index (χ1n) is 7.45. The van der Waals surface area contributed by atoms with Gasteiger partial charge in [-0.3, -0.25) is 0 Å². The molecule has 3 aliphatic rings. The Hall–Kier alpha value is 0.137. The fourth-order valence-corrected chi connectivity index (χ4v) is 5.01. The summed E-state index contributed by atoms with van der Waals surface area (Å²) >= 11 is 0. The molecule has 3 saturated carbocycles. The van der Waals surface area contributed by atoms with Gasteiger partial charge in [0.05, 0.1) is 5.60 Å². The highest BCUT2D eigenvalue weighted by Gasteiger charge is 2.52. The SMILES string of the molecule is CC(C)(C)[Si](C)(C)OC12CCC(CO)(CC1)CC2. The number of hydrogen-bond donors (Lipinski definition) is 1. The largest absolute Gasteiger partial charge is 0.411 e. The van der Waals surface area contributed by atoms with E-state index in [1.165, 1.54) is 19.3 Å². The molecule has 2 nitrogen and oxygen atoms in total. The molecule has 0 heterocycles. The molecule has 0 aliphatic heterocycles. The number of aliphatic hydroxyl groups excluding tert-OH is 1. The molecule has 106 valence electrons. The predicted molar refractivity (Wildman–Crippen MR) is 78.2 cm³/mol. The third kappa shape index (κ3) is 2.41. The minimum atomic E-state index is -1.66. The van der Waals surface area contributed by atoms with Gasteiger partial charge in [-0.25, -0.2) is 0 Å². The molecule has 2 bridgehead atoms. The van der Waals surface area contributed by atoms with Gasteiger partial charge >= 0.3 is 0 Å². The third-order valence-electron chi connectivity index (χ3n) is 5.95. The highest BCUT2D eigenvalue weighted by atomic mass is 28.4. The lowest BCUT2D eigenvalue weighted by atomic mass is 9.59. The van der Waals surface area contributed by atoms with Gasteiger partial charge in [0.15, 0.2) is 8.32 Å². The maximum atomic E-state index is 9.58. The van der Waals surface area contributed by atoms with E-state index in [4.69, 9.17) is 4.43 Å². The molecule has 0 aromatic rings. The zero-order chi connectivity index (χ0) is 13.7. The van der Waals surface area contributed by atoms with Crippen molar-refractivity contribution in [2.75, 3.05) is 6.61 Å². The van der Waals surface area contributed by atoms with Gasteiger partial charge in [0.25, 0.3) is 0 Å². The van der Waals surface area contributed by atoms with Crippen molar-refractivity contribution in [3.63, 3.8) is 0 Å². The number of rotatable bonds is 3. The molecule has 0 saturated heterocycles. The van der Waals surface area contributed by atoms with Crippen LogP contribution in [-0.2, 0) is 4.43 Å². The summed E-state index contributed by atoms with van der Waals surface area (Å²) in [5.41, 5.74) is 0.401. The van der Waals surface area contributed by atoms with Crippen LogP contribution in [0.4, 0.5) is 0 Å². The van der Waals surface area contributed by atoms with Crippen LogP contribution in [0.5, 0.6) is 0 Å². The molecule has 0 spiro atoms. The Labute approximate surface area is 113 Å². The highest BCUT2D eigenvalue weighted by Crippen LogP contribution is 2.55. The fraction of sp³-hybridized carbons (Fsp3) is 1.00. The minimum absolute atomic E-state index is 0.153. The van der Waals surface area contributed by atoms with Crippen LogP contribution in [0.25, 0.3) is 0 Å². The summed E-state index contributed by atoms with van der Waals surface area (Å²) in [6.07, 6.45) is 6.99. The van der Waals surface area contributed by atoms with Crippen LogP contribution in [0.3, 0.4) is 0 Å². The van der Waals surface area contributed by atoms with Crippen LogP contribution in [0, 0.1) is 5.41 Å². The third-order valence-corrected chi connectivity index (χ3v) is 10.5. The average Bonchev–Trinajstić information content (AvgIpc) is 2.29. The molecule has 3 heteroatoms. The van der Waals surface area contributed by atoms with Gasteiger partial charge in [0.2, 0.25) is 0 Å². The normalized spacial score (nSPS) is 37.0. The molecule has 3 fully saturated rings. The van der Waals surface area contributed by atoms with E-state index in [1.54, 1.807) is 0 Å². The molecular formula is C15H30O2Si. The molecule has 0 radical (unpaired) electrons. The number of fused-ring (bicyclic) bond motifs is 3. The lowest BCUT2D eigenvalue weighted by Gasteiger charge is -2.56. The summed E-state index contributed by atoms with van der Waals surface area (Å²) in [6, 6.07) is 0. The maximum Gasteiger partial charge on any atom is 0.192 e. The second kappa shape index (κ2) is 4.32. The lowest BCUT2D eigenvalue weighted by Crippen LogP contribution is -2.56. The summed E-state index contributed by atoms with van der Waals surface area (Å²) in [5, 5.41) is 9.88. The summed E-state index contributed by atoms with van der Waals surface area (Å²) in [6.45, 7) is 12.1. The second-order valence-electron chi connectivity index (χ2n) is 8.20. The van der Waals surface area contributed by atoms with E-state index in [-0.39, 0.29) is 11.0 Å². The minimum Gasteiger partial charge on any atom is -0.411 e. The predicted octanol–water partition coefficient (Wildman–Crippen LogP) is 4.09. The summed E-state index contributed by atoms with van der Waals surface area (Å²) in [5.74, 6) is 0. The Bertz CT molecular complexity index is 292. The van der Waals surface area contributed by atoms with Crippen molar-refractivity contribution in [1.29, 1.82) is 0 Å². The van der Waals surface area contributed by atoms with Crippen molar-refractivity contribution >= 4 is 8.32 Å². The van der Waals surface area contributed by atoms with Gasteiger partial charge in [-0.05, 0) is 62.1 Å². The van der Waals surface area contributed by atoms with Crippen molar-refractivity contribution in [3.8, 4) is 0 Å². The van der Waals surface area contributed by atoms with Gasteiger partial charge < -0.3 is 9.53 Å². The van der Waals surface area contributed by atoms with Crippen molar-refractivity contribution in [2.24, 2.45) is 5.41 Å². The van der Waals surface area contributed by atoms with E-state index >= 15 is 0 Å². The number of aliphatic hydroxyl groups is 1. The van der Waals surface area contributed by atoms with Crippen LogP contribution in [0.2, 0.25) is 18.1 Å². The van der Waals surface area contributed by atoms with Gasteiger partial charge in [-0.2, -0.15) is 0 Å². The fourth-order valence-electron chi connectivity index (χ4n) is 3.31. The summed E-state index contributed by atoms with van der Waals surface area (Å²) < 4.78 is 6.76. The van der Waals surface area contributed by atoms with E-state index in [2.05, 4.69) is 33.9 Å². The Morgan fingerprint density at radius 1 is 1.00 bits per heavy atom. The summed E-state index contributed by atoms with van der Waals surface area (Å²) in [7, 11) is -1.66. The topological polar surface area (TPSA) is 29.5 Å². The molecule has 0 aromatic carbocycles. The Balaban J connectivity index is 2.08. The van der Waals surface area contributed by atoms with E-state index < -0.39 is 8.32 Å². The first-order valence-corrected chi connectivity index (χ1v) is 10.4. The van der Waals surface area contributed by atoms with E-state index in [0.717, 1.165) is 19.3 Å². The Kier molecular flexibility index (Phi) is 3.49. The molecule has 0 amide bonds. The Morgan fingerprint density at radius 3 is 1.78 bits per heavy atom. The molecule has 0 atom stereocenters. The van der Waals surface area contributed by atoms with Crippen LogP contribution >= 0.6 is 0 Å². The van der Waals surface area contributed by atoms with Crippen molar-refractivity contribution < 1.29 is 9.53 Å². The van der Waals surface area contributed by atoms with Gasteiger partial charge in [0, 0.05) is 6.61 Å². The van der Waals surface area contributed by atoms with E-state index in [1.807, 2.05) is 0 Å². The monoisotopic (exact) mass is 270 g/mol. The van der Waals surface area contributed by atoms with E-state index in [0.29, 0.717) is 11.6 Å². The van der Waals surface area contributed by atoms with Gasteiger partial charge in [-0.15, -0.1) is 0 Å². The standard InChI is InChI=1S/C15H30O2Si/c1-13(2,3)18(4,5)17-15-9-6-14(12-16,7-10-15)8-11-15/h16H,6-12H2,1-5H3. The first kappa shape index (κ1) is 14.5. The molecule has 1 N–H and O–H groups in total. The molecule has 18 heavy (non-hydrogen) atoms. The van der Waals surface area contributed by atoms with Crippen molar-refractivity contribution in [1.82, 2.24) is 0 Å². The second-order valence-corrected chi connectivity index (χ2v) is 12.9. The maximum absolute atomic E-state index is 9.58. The quantitative estimate of drug-likeness (QED) is 0.783. The number of hydrogen-bond acceptors (Lipinski definition) is 2. The zero-order valence-corrected chi connectivity index (χ0v) is 13.8. The van der Waals surface area contributed by atoms with E-state index in [9.17, 15) is 5.11 Å². The molecule has 3 aliphatic carbocycles. The summed E-state index contributed by atoms with van der Waals surface area (Å²) in [4.78, 5) is 0. The van der Waals surface area contributed by atoms with Crippen LogP contribution in [0.15, 0.2) is 0 Å². The average molecular weight is 270 g/mol. The van der Waals surface area contributed by atoms with Crippen LogP contribution < -0.4 is 0 Å². The first-order chi connectivity index (χ1) is 8.14. The van der Waals surface area contributed by atoms with Gasteiger partial charge in [-0.1, -0.05) is 20.8 Å². The Morgan fingerprint density at radius 2 is 1.44 bits per heavy atom. The lowest BCUT2D eigenvalue weighted by molar-refractivity contribution is -0.0978. The van der Waals surface area contributed by atoms with Crippen molar-refractivity contribution in [3.05, 3.63) is 0 Å². The zero-order valence-electron chi connectivity index (χ0n) is 12.8.